The summed E-state index contributed by atoms with van der Waals surface area (Å²) in [5.74, 6) is -1.54. The van der Waals surface area contributed by atoms with Crippen LogP contribution in [0.25, 0.3) is 0 Å². The van der Waals surface area contributed by atoms with Crippen LogP contribution in [0.5, 0.6) is 0 Å². The van der Waals surface area contributed by atoms with Crippen LogP contribution in [-0.2, 0) is 9.53 Å². The minimum atomic E-state index is -0.839. The van der Waals surface area contributed by atoms with Crippen molar-refractivity contribution in [3.8, 4) is 0 Å². The second kappa shape index (κ2) is 8.13. The number of rotatable bonds is 5. The first-order valence-electron chi connectivity index (χ1n) is 7.03. The molecular formula is C15H14BrClN4O4. The Morgan fingerprint density at radius 1 is 1.28 bits per heavy atom. The van der Waals surface area contributed by atoms with Crippen LogP contribution in [0.4, 0.5) is 5.82 Å². The molecule has 1 unspecified atom stereocenters. The van der Waals surface area contributed by atoms with Gasteiger partial charge in [0.2, 0.25) is 0 Å². The van der Waals surface area contributed by atoms with Gasteiger partial charge in [-0.1, -0.05) is 23.7 Å². The summed E-state index contributed by atoms with van der Waals surface area (Å²) in [6.07, 6.45) is 0. The molecule has 1 aromatic carbocycles. The van der Waals surface area contributed by atoms with Crippen LogP contribution < -0.4 is 10.6 Å². The Balaban J connectivity index is 2.13. The van der Waals surface area contributed by atoms with Gasteiger partial charge in [-0.05, 0) is 35.0 Å². The van der Waals surface area contributed by atoms with Crippen LogP contribution in [0, 0.1) is 0 Å². The second-order valence-corrected chi connectivity index (χ2v) is 6.11. The lowest BCUT2D eigenvalue weighted by molar-refractivity contribution is -0.142. The van der Waals surface area contributed by atoms with Crippen molar-refractivity contribution in [3.05, 3.63) is 45.0 Å². The lowest BCUT2D eigenvalue weighted by Gasteiger charge is -2.10. The summed E-state index contributed by atoms with van der Waals surface area (Å²) in [6, 6.07) is 5.68. The number of aromatic amines is 1. The Hall–Kier alpha value is -2.39. The number of H-pyrrole nitrogens is 1. The molecule has 2 aromatic rings. The predicted molar refractivity (Wildman–Crippen MR) is 94.6 cm³/mol. The number of hydrogen-bond acceptors (Lipinski definition) is 5. The van der Waals surface area contributed by atoms with Gasteiger partial charge in [0, 0.05) is 0 Å². The zero-order valence-electron chi connectivity index (χ0n) is 13.2. The van der Waals surface area contributed by atoms with E-state index in [0.717, 1.165) is 0 Å². The number of benzene rings is 1. The zero-order chi connectivity index (χ0) is 18.6. The average Bonchev–Trinajstić information content (AvgIpc) is 2.95. The van der Waals surface area contributed by atoms with E-state index in [9.17, 15) is 14.4 Å². The predicted octanol–water partition coefficient (Wildman–Crippen LogP) is 2.37. The van der Waals surface area contributed by atoms with E-state index in [1.807, 2.05) is 0 Å². The molecule has 0 bridgehead atoms. The SMILES string of the molecule is COC(=O)C(C)NC(=O)c1[nH]nc(NC(=O)c2ccccc2Cl)c1Br. The molecule has 2 rings (SSSR count). The quantitative estimate of drug-likeness (QED) is 0.632. The van der Waals surface area contributed by atoms with Gasteiger partial charge in [-0.2, -0.15) is 5.10 Å². The van der Waals surface area contributed by atoms with Crippen molar-refractivity contribution in [2.75, 3.05) is 12.4 Å². The van der Waals surface area contributed by atoms with E-state index in [2.05, 4.69) is 41.5 Å². The summed E-state index contributed by atoms with van der Waals surface area (Å²) < 4.78 is 4.77. The van der Waals surface area contributed by atoms with Crippen LogP contribution in [0.1, 0.15) is 27.8 Å². The normalized spacial score (nSPS) is 11.5. The molecule has 0 saturated heterocycles. The molecule has 8 nitrogen and oxygen atoms in total. The van der Waals surface area contributed by atoms with Crippen molar-refractivity contribution in [1.82, 2.24) is 15.5 Å². The van der Waals surface area contributed by atoms with E-state index in [1.54, 1.807) is 24.3 Å². The smallest absolute Gasteiger partial charge is 0.328 e. The molecule has 0 aliphatic heterocycles. The molecule has 0 spiro atoms. The van der Waals surface area contributed by atoms with Gasteiger partial charge >= 0.3 is 5.97 Å². The molecule has 3 N–H and O–H groups in total. The molecule has 0 aliphatic carbocycles. The number of amides is 2. The van der Waals surface area contributed by atoms with Crippen molar-refractivity contribution in [2.24, 2.45) is 0 Å². The Labute approximate surface area is 156 Å². The maximum atomic E-state index is 12.2. The van der Waals surface area contributed by atoms with E-state index in [1.165, 1.54) is 14.0 Å². The zero-order valence-corrected chi connectivity index (χ0v) is 15.6. The van der Waals surface area contributed by atoms with Gasteiger partial charge in [-0.25, -0.2) is 4.79 Å². The van der Waals surface area contributed by atoms with Crippen molar-refractivity contribution < 1.29 is 19.1 Å². The fourth-order valence-corrected chi connectivity index (χ4v) is 2.56. The maximum Gasteiger partial charge on any atom is 0.328 e. The minimum absolute atomic E-state index is 0.0465. The lowest BCUT2D eigenvalue weighted by atomic mass is 10.2. The number of ether oxygens (including phenoxy) is 1. The largest absolute Gasteiger partial charge is 0.467 e. The first kappa shape index (κ1) is 18.9. The summed E-state index contributed by atoms with van der Waals surface area (Å²) in [7, 11) is 1.22. The number of esters is 1. The van der Waals surface area contributed by atoms with E-state index in [-0.39, 0.29) is 26.6 Å². The Morgan fingerprint density at radius 3 is 2.60 bits per heavy atom. The van der Waals surface area contributed by atoms with E-state index in [4.69, 9.17) is 11.6 Å². The first-order chi connectivity index (χ1) is 11.8. The number of methoxy groups -OCH3 is 1. The number of nitrogens with zero attached hydrogens (tertiary/aromatic N) is 1. The van der Waals surface area contributed by atoms with Crippen LogP contribution >= 0.6 is 27.5 Å². The van der Waals surface area contributed by atoms with E-state index >= 15 is 0 Å². The summed E-state index contributed by atoms with van der Waals surface area (Å²) in [4.78, 5) is 35.8. The summed E-state index contributed by atoms with van der Waals surface area (Å²) in [5, 5.41) is 11.7. The maximum absolute atomic E-state index is 12.2. The van der Waals surface area contributed by atoms with Crippen molar-refractivity contribution >= 4 is 51.1 Å². The third-order valence-corrected chi connectivity index (χ3v) is 4.29. The van der Waals surface area contributed by atoms with Gasteiger partial charge in [0.1, 0.15) is 11.7 Å². The number of nitrogens with one attached hydrogen (secondary N) is 3. The summed E-state index contributed by atoms with van der Waals surface area (Å²) in [5.41, 5.74) is 0.314. The van der Waals surface area contributed by atoms with Crippen molar-refractivity contribution in [3.63, 3.8) is 0 Å². The highest BCUT2D eigenvalue weighted by atomic mass is 79.9. The summed E-state index contributed by atoms with van der Waals surface area (Å²) >= 11 is 9.17. The standard InChI is InChI=1S/C15H14BrClN4O4/c1-7(15(24)25-2)18-14(23)11-10(16)12(21-20-11)19-13(22)8-5-3-4-6-9(8)17/h3-7H,1-2H3,(H,18,23)(H2,19,20,21,22). The third-order valence-electron chi connectivity index (χ3n) is 3.19. The lowest BCUT2D eigenvalue weighted by Crippen LogP contribution is -2.39. The van der Waals surface area contributed by atoms with Crippen LogP contribution in [-0.4, -0.2) is 41.1 Å². The highest BCUT2D eigenvalue weighted by Gasteiger charge is 2.23. The van der Waals surface area contributed by atoms with Crippen LogP contribution in [0.3, 0.4) is 0 Å². The fraction of sp³-hybridized carbons (Fsp3) is 0.200. The minimum Gasteiger partial charge on any atom is -0.467 e. The summed E-state index contributed by atoms with van der Waals surface area (Å²) in [6.45, 7) is 1.48. The monoisotopic (exact) mass is 428 g/mol. The highest BCUT2D eigenvalue weighted by Crippen LogP contribution is 2.25. The average molecular weight is 430 g/mol. The van der Waals surface area contributed by atoms with Crippen molar-refractivity contribution in [1.29, 1.82) is 0 Å². The molecule has 10 heteroatoms. The number of aromatic nitrogens is 2. The number of carbonyl (C=O) groups is 3. The molecule has 1 heterocycles. The van der Waals surface area contributed by atoms with Gasteiger partial charge in [0.15, 0.2) is 5.82 Å². The van der Waals surface area contributed by atoms with Gasteiger partial charge in [0.05, 0.1) is 22.2 Å². The molecule has 0 aliphatic rings. The first-order valence-corrected chi connectivity index (χ1v) is 8.20. The Kier molecular flexibility index (Phi) is 6.16. The number of halogens is 2. The molecule has 1 atom stereocenters. The van der Waals surface area contributed by atoms with Crippen LogP contribution in [0.15, 0.2) is 28.7 Å². The van der Waals surface area contributed by atoms with Gasteiger partial charge in [-0.3, -0.25) is 14.7 Å². The molecule has 25 heavy (non-hydrogen) atoms. The van der Waals surface area contributed by atoms with Crippen molar-refractivity contribution in [2.45, 2.75) is 13.0 Å². The highest BCUT2D eigenvalue weighted by molar-refractivity contribution is 9.10. The number of carbonyl (C=O) groups excluding carboxylic acids is 3. The molecule has 2 amide bonds. The van der Waals surface area contributed by atoms with Gasteiger partial charge in [0.25, 0.3) is 11.8 Å². The fourth-order valence-electron chi connectivity index (χ4n) is 1.89. The topological polar surface area (TPSA) is 113 Å². The molecule has 0 saturated carbocycles. The molecule has 0 fully saturated rings. The molecule has 0 radical (unpaired) electrons. The number of hydrogen-bond donors (Lipinski definition) is 3. The molecular weight excluding hydrogens is 416 g/mol. The van der Waals surface area contributed by atoms with Gasteiger partial charge < -0.3 is 15.4 Å². The molecule has 1 aromatic heterocycles. The number of anilines is 1. The Bertz CT molecular complexity index is 824. The molecule has 132 valence electrons. The van der Waals surface area contributed by atoms with Gasteiger partial charge in [-0.15, -0.1) is 0 Å². The van der Waals surface area contributed by atoms with E-state index in [0.29, 0.717) is 0 Å². The third kappa shape index (κ3) is 4.37. The Morgan fingerprint density at radius 2 is 1.96 bits per heavy atom. The van der Waals surface area contributed by atoms with Crippen LogP contribution in [0.2, 0.25) is 5.02 Å². The van der Waals surface area contributed by atoms with E-state index < -0.39 is 23.8 Å². The second-order valence-electron chi connectivity index (χ2n) is 4.91.